The first-order chi connectivity index (χ1) is 12.6. The first kappa shape index (κ1) is 22.9. The van der Waals surface area contributed by atoms with E-state index in [2.05, 4.69) is 34.7 Å². The van der Waals surface area contributed by atoms with Crippen molar-refractivity contribution in [3.63, 3.8) is 0 Å². The van der Waals surface area contributed by atoms with Gasteiger partial charge in [-0.15, -0.1) is 24.0 Å². The van der Waals surface area contributed by atoms with Crippen LogP contribution in [0.1, 0.15) is 24.1 Å². The summed E-state index contributed by atoms with van der Waals surface area (Å²) in [6, 6.07) is 14.2. The molecule has 0 saturated carbocycles. The van der Waals surface area contributed by atoms with Crippen LogP contribution in [0.15, 0.2) is 47.5 Å². The van der Waals surface area contributed by atoms with E-state index in [0.29, 0.717) is 23.8 Å². The normalized spacial score (nSPS) is 11.8. The molecule has 0 aromatic heterocycles. The van der Waals surface area contributed by atoms with Gasteiger partial charge in [0.15, 0.2) is 17.5 Å². The maximum atomic E-state index is 5.40. The molecule has 0 radical (unpaired) electrons. The molecule has 0 fully saturated rings. The summed E-state index contributed by atoms with van der Waals surface area (Å²) in [4.78, 5) is 4.29. The third-order valence-electron chi connectivity index (χ3n) is 4.06. The maximum absolute atomic E-state index is 5.40. The molecule has 2 N–H and O–H groups in total. The zero-order chi connectivity index (χ0) is 18.9. The SMILES string of the molecule is CN=C(NCc1cc(OC)c(OC)c(OC)c1)NC(C)c1ccccc1.I. The molecule has 6 nitrogen and oxygen atoms in total. The Bertz CT molecular complexity index is 714. The van der Waals surface area contributed by atoms with Crippen LogP contribution < -0.4 is 24.8 Å². The van der Waals surface area contributed by atoms with Gasteiger partial charge in [0.25, 0.3) is 0 Å². The number of guanidine groups is 1. The van der Waals surface area contributed by atoms with Crippen LogP contribution >= 0.6 is 24.0 Å². The van der Waals surface area contributed by atoms with Crippen LogP contribution in [0, 0.1) is 0 Å². The van der Waals surface area contributed by atoms with Crippen LogP contribution in [-0.4, -0.2) is 34.3 Å². The van der Waals surface area contributed by atoms with Crippen molar-refractivity contribution < 1.29 is 14.2 Å². The van der Waals surface area contributed by atoms with Gasteiger partial charge in [-0.2, -0.15) is 0 Å². The Morgan fingerprint density at radius 1 is 1.00 bits per heavy atom. The van der Waals surface area contributed by atoms with Gasteiger partial charge in [-0.1, -0.05) is 30.3 Å². The third kappa shape index (κ3) is 6.20. The zero-order valence-electron chi connectivity index (χ0n) is 16.4. The van der Waals surface area contributed by atoms with Crippen LogP contribution in [0.2, 0.25) is 0 Å². The average molecular weight is 485 g/mol. The number of nitrogens with one attached hydrogen (secondary N) is 2. The lowest BCUT2D eigenvalue weighted by Gasteiger charge is -2.19. The summed E-state index contributed by atoms with van der Waals surface area (Å²) >= 11 is 0. The van der Waals surface area contributed by atoms with Crippen molar-refractivity contribution in [2.75, 3.05) is 28.4 Å². The number of hydrogen-bond donors (Lipinski definition) is 2. The third-order valence-corrected chi connectivity index (χ3v) is 4.06. The minimum Gasteiger partial charge on any atom is -0.493 e. The molecule has 0 spiro atoms. The number of halogens is 1. The molecule has 7 heteroatoms. The van der Waals surface area contributed by atoms with Crippen molar-refractivity contribution in [2.45, 2.75) is 19.5 Å². The first-order valence-corrected chi connectivity index (χ1v) is 8.44. The highest BCUT2D eigenvalue weighted by Crippen LogP contribution is 2.38. The van der Waals surface area contributed by atoms with Crippen molar-refractivity contribution in [3.05, 3.63) is 53.6 Å². The fourth-order valence-corrected chi connectivity index (χ4v) is 2.65. The van der Waals surface area contributed by atoms with E-state index in [1.807, 2.05) is 30.3 Å². The predicted octanol–water partition coefficient (Wildman–Crippen LogP) is 3.76. The summed E-state index contributed by atoms with van der Waals surface area (Å²) in [5.41, 5.74) is 2.19. The molecule has 0 amide bonds. The summed E-state index contributed by atoms with van der Waals surface area (Å²) in [6.07, 6.45) is 0. The van der Waals surface area contributed by atoms with E-state index >= 15 is 0 Å². The number of aliphatic imine (C=N–C) groups is 1. The van der Waals surface area contributed by atoms with E-state index in [9.17, 15) is 0 Å². The zero-order valence-corrected chi connectivity index (χ0v) is 18.7. The molecule has 0 bridgehead atoms. The molecule has 0 heterocycles. The van der Waals surface area contributed by atoms with Gasteiger partial charge in [-0.05, 0) is 30.2 Å². The van der Waals surface area contributed by atoms with Crippen LogP contribution in [0.3, 0.4) is 0 Å². The molecule has 1 atom stereocenters. The van der Waals surface area contributed by atoms with Gasteiger partial charge < -0.3 is 24.8 Å². The van der Waals surface area contributed by atoms with E-state index in [4.69, 9.17) is 14.2 Å². The lowest BCUT2D eigenvalue weighted by atomic mass is 10.1. The van der Waals surface area contributed by atoms with Gasteiger partial charge in [0.2, 0.25) is 5.75 Å². The molecule has 27 heavy (non-hydrogen) atoms. The fraction of sp³-hybridized carbons (Fsp3) is 0.350. The molecule has 2 rings (SSSR count). The number of ether oxygens (including phenoxy) is 3. The lowest BCUT2D eigenvalue weighted by molar-refractivity contribution is 0.323. The lowest BCUT2D eigenvalue weighted by Crippen LogP contribution is -2.38. The Labute approximate surface area is 178 Å². The van der Waals surface area contributed by atoms with Crippen LogP contribution in [-0.2, 0) is 6.54 Å². The van der Waals surface area contributed by atoms with Crippen LogP contribution in [0.25, 0.3) is 0 Å². The average Bonchev–Trinajstić information content (AvgIpc) is 2.70. The second kappa shape index (κ2) is 11.5. The summed E-state index contributed by atoms with van der Waals surface area (Å²) < 4.78 is 16.1. The monoisotopic (exact) mass is 485 g/mol. The number of methoxy groups -OCH3 is 3. The molecule has 2 aromatic carbocycles. The first-order valence-electron chi connectivity index (χ1n) is 8.44. The van der Waals surface area contributed by atoms with E-state index in [-0.39, 0.29) is 30.0 Å². The Balaban J connectivity index is 0.00000364. The second-order valence-electron chi connectivity index (χ2n) is 5.74. The predicted molar refractivity (Wildman–Crippen MR) is 120 cm³/mol. The van der Waals surface area contributed by atoms with Crippen LogP contribution in [0.4, 0.5) is 0 Å². The minimum absolute atomic E-state index is 0. The molecular formula is C20H28IN3O3. The van der Waals surface area contributed by atoms with Gasteiger partial charge in [0.1, 0.15) is 0 Å². The molecule has 1 unspecified atom stereocenters. The number of benzene rings is 2. The standard InChI is InChI=1S/C20H27N3O3.HI/c1-14(16-9-7-6-8-10-16)23-20(21-2)22-13-15-11-17(24-3)19(26-5)18(12-15)25-4;/h6-12,14H,13H2,1-5H3,(H2,21,22,23);1H. The molecular weight excluding hydrogens is 457 g/mol. The van der Waals surface area contributed by atoms with E-state index < -0.39 is 0 Å². The molecule has 0 aliphatic carbocycles. The Morgan fingerprint density at radius 2 is 1.59 bits per heavy atom. The molecule has 2 aromatic rings. The van der Waals surface area contributed by atoms with Gasteiger partial charge >= 0.3 is 0 Å². The topological polar surface area (TPSA) is 64.1 Å². The molecule has 0 aliphatic heterocycles. The molecule has 0 aliphatic rings. The Morgan fingerprint density at radius 3 is 2.07 bits per heavy atom. The van der Waals surface area contributed by atoms with Crippen molar-refractivity contribution in [2.24, 2.45) is 4.99 Å². The summed E-state index contributed by atoms with van der Waals surface area (Å²) in [7, 11) is 6.56. The Hall–Kier alpha value is -2.16. The second-order valence-corrected chi connectivity index (χ2v) is 5.74. The highest BCUT2D eigenvalue weighted by molar-refractivity contribution is 14.0. The minimum atomic E-state index is 0. The van der Waals surface area contributed by atoms with Crippen molar-refractivity contribution >= 4 is 29.9 Å². The fourth-order valence-electron chi connectivity index (χ4n) is 2.65. The number of nitrogens with zero attached hydrogens (tertiary/aromatic N) is 1. The number of rotatable bonds is 7. The maximum Gasteiger partial charge on any atom is 0.203 e. The summed E-state index contributed by atoms with van der Waals surface area (Å²) in [5, 5.41) is 6.70. The van der Waals surface area contributed by atoms with Gasteiger partial charge in [0.05, 0.1) is 27.4 Å². The Kier molecular flexibility index (Phi) is 9.77. The quantitative estimate of drug-likeness (QED) is 0.356. The molecule has 0 saturated heterocycles. The highest BCUT2D eigenvalue weighted by Gasteiger charge is 2.14. The van der Waals surface area contributed by atoms with E-state index in [1.165, 1.54) is 5.56 Å². The smallest absolute Gasteiger partial charge is 0.203 e. The van der Waals surface area contributed by atoms with Crippen molar-refractivity contribution in [1.29, 1.82) is 0 Å². The van der Waals surface area contributed by atoms with Gasteiger partial charge in [-0.3, -0.25) is 4.99 Å². The largest absolute Gasteiger partial charge is 0.493 e. The van der Waals surface area contributed by atoms with E-state index in [0.717, 1.165) is 11.5 Å². The van der Waals surface area contributed by atoms with Gasteiger partial charge in [-0.25, -0.2) is 0 Å². The number of hydrogen-bond acceptors (Lipinski definition) is 4. The van der Waals surface area contributed by atoms with Crippen molar-refractivity contribution in [3.8, 4) is 17.2 Å². The van der Waals surface area contributed by atoms with Crippen LogP contribution in [0.5, 0.6) is 17.2 Å². The summed E-state index contributed by atoms with van der Waals surface area (Å²) in [6.45, 7) is 2.67. The summed E-state index contributed by atoms with van der Waals surface area (Å²) in [5.74, 6) is 2.56. The van der Waals surface area contributed by atoms with Gasteiger partial charge in [0, 0.05) is 13.6 Å². The highest BCUT2D eigenvalue weighted by atomic mass is 127. The van der Waals surface area contributed by atoms with E-state index in [1.54, 1.807) is 28.4 Å². The van der Waals surface area contributed by atoms with Crippen molar-refractivity contribution in [1.82, 2.24) is 10.6 Å². The molecule has 148 valence electrons.